The van der Waals surface area contributed by atoms with Crippen molar-refractivity contribution in [1.29, 1.82) is 0 Å². The van der Waals surface area contributed by atoms with Gasteiger partial charge in [-0.25, -0.2) is 0 Å². The first-order valence-electron chi connectivity index (χ1n) is 6.46. The molecule has 20 heavy (non-hydrogen) atoms. The molecule has 0 aromatic heterocycles. The summed E-state index contributed by atoms with van der Waals surface area (Å²) in [5.41, 5.74) is 0.691. The van der Waals surface area contributed by atoms with Crippen molar-refractivity contribution < 1.29 is 19.1 Å². The highest BCUT2D eigenvalue weighted by molar-refractivity contribution is 5.99. The molecule has 0 saturated carbocycles. The van der Waals surface area contributed by atoms with E-state index in [4.69, 9.17) is 4.74 Å². The third kappa shape index (κ3) is 4.19. The number of ether oxygens (including phenoxy) is 1. The van der Waals surface area contributed by atoms with E-state index < -0.39 is 17.9 Å². The van der Waals surface area contributed by atoms with E-state index in [0.717, 1.165) is 0 Å². The highest BCUT2D eigenvalue weighted by Gasteiger charge is 2.35. The van der Waals surface area contributed by atoms with Crippen LogP contribution in [0.2, 0.25) is 0 Å². The molecule has 0 radical (unpaired) electrons. The lowest BCUT2D eigenvalue weighted by molar-refractivity contribution is -0.152. The second-order valence-corrected chi connectivity index (χ2v) is 4.43. The van der Waals surface area contributed by atoms with E-state index in [1.807, 2.05) is 6.07 Å². The van der Waals surface area contributed by atoms with E-state index in [1.54, 1.807) is 31.2 Å². The molecule has 0 fully saturated rings. The number of benzene rings is 1. The Morgan fingerprint density at radius 1 is 1.15 bits per heavy atom. The molecule has 5 nitrogen and oxygen atoms in total. The maximum absolute atomic E-state index is 12.0. The summed E-state index contributed by atoms with van der Waals surface area (Å²) in [5.74, 6) is -2.32. The average molecular weight is 277 g/mol. The minimum atomic E-state index is -1.04. The number of carbonyl (C=O) groups is 3. The molecule has 0 aliphatic rings. The van der Waals surface area contributed by atoms with Crippen molar-refractivity contribution in [2.45, 2.75) is 26.8 Å². The van der Waals surface area contributed by atoms with Crippen molar-refractivity contribution in [2.75, 3.05) is 6.61 Å². The Labute approximate surface area is 118 Å². The van der Waals surface area contributed by atoms with Gasteiger partial charge in [-0.15, -0.1) is 0 Å². The predicted octanol–water partition coefficient (Wildman–Crippen LogP) is 1.63. The number of ketones is 1. The van der Waals surface area contributed by atoms with Gasteiger partial charge in [0.25, 0.3) is 0 Å². The molecule has 0 bridgehead atoms. The quantitative estimate of drug-likeness (QED) is 0.633. The van der Waals surface area contributed by atoms with Crippen molar-refractivity contribution in [3.63, 3.8) is 0 Å². The summed E-state index contributed by atoms with van der Waals surface area (Å²) in [4.78, 5) is 35.2. The lowest BCUT2D eigenvalue weighted by atomic mass is 9.90. The van der Waals surface area contributed by atoms with Crippen LogP contribution in [0.1, 0.15) is 32.4 Å². The summed E-state index contributed by atoms with van der Waals surface area (Å²) in [6.07, 6.45) is 0. The highest BCUT2D eigenvalue weighted by Crippen LogP contribution is 2.24. The number of rotatable bonds is 6. The van der Waals surface area contributed by atoms with E-state index in [9.17, 15) is 14.4 Å². The fourth-order valence-electron chi connectivity index (χ4n) is 2.01. The third-order valence-corrected chi connectivity index (χ3v) is 2.83. The summed E-state index contributed by atoms with van der Waals surface area (Å²) in [7, 11) is 0. The molecule has 108 valence electrons. The smallest absolute Gasteiger partial charge is 0.318 e. The molecule has 1 aromatic rings. The van der Waals surface area contributed by atoms with Crippen LogP contribution in [0.3, 0.4) is 0 Å². The van der Waals surface area contributed by atoms with Gasteiger partial charge in [0.15, 0.2) is 0 Å². The van der Waals surface area contributed by atoms with Crippen LogP contribution in [0.15, 0.2) is 30.3 Å². The molecule has 5 heteroatoms. The van der Waals surface area contributed by atoms with Gasteiger partial charge in [-0.3, -0.25) is 14.4 Å². The first kappa shape index (κ1) is 15.9. The number of hydrogen-bond donors (Lipinski definition) is 1. The molecule has 2 atom stereocenters. The molecule has 0 unspecified atom stereocenters. The minimum absolute atomic E-state index is 0.185. The fraction of sp³-hybridized carbons (Fsp3) is 0.400. The zero-order valence-electron chi connectivity index (χ0n) is 11.9. The molecule has 1 rings (SSSR count). The first-order valence-corrected chi connectivity index (χ1v) is 6.46. The van der Waals surface area contributed by atoms with E-state index in [0.29, 0.717) is 5.56 Å². The van der Waals surface area contributed by atoms with E-state index in [1.165, 1.54) is 13.8 Å². The topological polar surface area (TPSA) is 72.5 Å². The molecule has 1 amide bonds. The van der Waals surface area contributed by atoms with Gasteiger partial charge >= 0.3 is 5.97 Å². The largest absolute Gasteiger partial charge is 0.465 e. The van der Waals surface area contributed by atoms with Crippen LogP contribution in [0.25, 0.3) is 0 Å². The molecule has 0 aliphatic carbocycles. The molecule has 0 spiro atoms. The van der Waals surface area contributed by atoms with Gasteiger partial charge in [-0.05, 0) is 19.4 Å². The monoisotopic (exact) mass is 277 g/mol. The standard InChI is InChI=1S/C15H19NO4/c1-4-20-15(19)13(10(2)17)14(16-11(3)18)12-8-6-5-7-9-12/h5-9,13-14H,4H2,1-3H3,(H,16,18)/t13-,14+/m1/s1. The van der Waals surface area contributed by atoms with E-state index in [2.05, 4.69) is 5.32 Å². The molecular weight excluding hydrogens is 258 g/mol. The maximum Gasteiger partial charge on any atom is 0.318 e. The van der Waals surface area contributed by atoms with Gasteiger partial charge in [0, 0.05) is 6.92 Å². The second kappa shape index (κ2) is 7.43. The maximum atomic E-state index is 12.0. The lowest BCUT2D eigenvalue weighted by Crippen LogP contribution is -2.40. The zero-order chi connectivity index (χ0) is 15.1. The van der Waals surface area contributed by atoms with Gasteiger partial charge in [0.05, 0.1) is 12.6 Å². The molecule has 0 heterocycles. The number of hydrogen-bond acceptors (Lipinski definition) is 4. The summed E-state index contributed by atoms with van der Waals surface area (Å²) in [6, 6.07) is 8.19. The normalized spacial score (nSPS) is 13.2. The van der Waals surface area contributed by atoms with Crippen LogP contribution < -0.4 is 5.32 Å². The molecule has 0 saturated heterocycles. The SMILES string of the molecule is CCOC(=O)[C@H](C(C)=O)[C@@H](NC(C)=O)c1ccccc1. The van der Waals surface area contributed by atoms with Gasteiger partial charge in [-0.2, -0.15) is 0 Å². The number of nitrogens with one attached hydrogen (secondary N) is 1. The number of Topliss-reactive ketones (excluding diaryl/α,β-unsaturated/α-hetero) is 1. The predicted molar refractivity (Wildman–Crippen MR) is 73.8 cm³/mol. The number of amides is 1. The van der Waals surface area contributed by atoms with E-state index in [-0.39, 0.29) is 18.3 Å². The van der Waals surface area contributed by atoms with Gasteiger partial charge in [0.1, 0.15) is 11.7 Å². The Kier molecular flexibility index (Phi) is 5.90. The van der Waals surface area contributed by atoms with E-state index >= 15 is 0 Å². The molecule has 1 N–H and O–H groups in total. The fourth-order valence-corrected chi connectivity index (χ4v) is 2.01. The van der Waals surface area contributed by atoms with Crippen molar-refractivity contribution in [2.24, 2.45) is 5.92 Å². The zero-order valence-corrected chi connectivity index (χ0v) is 11.9. The van der Waals surface area contributed by atoms with Crippen LogP contribution in [0.5, 0.6) is 0 Å². The Balaban J connectivity index is 3.15. The average Bonchev–Trinajstić information content (AvgIpc) is 2.38. The Bertz CT molecular complexity index is 484. The molecular formula is C15H19NO4. The van der Waals surface area contributed by atoms with Crippen LogP contribution in [0.4, 0.5) is 0 Å². The van der Waals surface area contributed by atoms with Crippen molar-refractivity contribution >= 4 is 17.7 Å². The number of esters is 1. The van der Waals surface area contributed by atoms with Crippen LogP contribution in [-0.2, 0) is 19.1 Å². The van der Waals surface area contributed by atoms with Gasteiger partial charge in [0.2, 0.25) is 5.91 Å². The molecule has 1 aromatic carbocycles. The Hall–Kier alpha value is -2.17. The highest BCUT2D eigenvalue weighted by atomic mass is 16.5. The van der Waals surface area contributed by atoms with Crippen LogP contribution >= 0.6 is 0 Å². The third-order valence-electron chi connectivity index (χ3n) is 2.83. The second-order valence-electron chi connectivity index (χ2n) is 4.43. The Morgan fingerprint density at radius 3 is 2.20 bits per heavy atom. The lowest BCUT2D eigenvalue weighted by Gasteiger charge is -2.24. The molecule has 0 aliphatic heterocycles. The van der Waals surface area contributed by atoms with Crippen molar-refractivity contribution in [3.8, 4) is 0 Å². The van der Waals surface area contributed by atoms with Crippen molar-refractivity contribution in [3.05, 3.63) is 35.9 Å². The summed E-state index contributed by atoms with van der Waals surface area (Å²) >= 11 is 0. The van der Waals surface area contributed by atoms with Gasteiger partial charge in [-0.1, -0.05) is 30.3 Å². The minimum Gasteiger partial charge on any atom is -0.465 e. The van der Waals surface area contributed by atoms with Crippen LogP contribution in [0, 0.1) is 5.92 Å². The van der Waals surface area contributed by atoms with Crippen LogP contribution in [-0.4, -0.2) is 24.3 Å². The summed E-state index contributed by atoms with van der Waals surface area (Å²) in [6.45, 7) is 4.52. The van der Waals surface area contributed by atoms with Gasteiger partial charge < -0.3 is 10.1 Å². The first-order chi connectivity index (χ1) is 9.47. The summed E-state index contributed by atoms with van der Waals surface area (Å²) < 4.78 is 4.94. The Morgan fingerprint density at radius 2 is 1.75 bits per heavy atom. The van der Waals surface area contributed by atoms with Crippen molar-refractivity contribution in [1.82, 2.24) is 5.32 Å². The number of carbonyl (C=O) groups excluding carboxylic acids is 3. The summed E-state index contributed by atoms with van der Waals surface area (Å²) in [5, 5.41) is 2.66.